The van der Waals surface area contributed by atoms with Gasteiger partial charge in [0.2, 0.25) is 10.0 Å². The molecule has 4 heterocycles. The number of alkyl halides is 3. The quantitative estimate of drug-likeness (QED) is 0.0323. The minimum absolute atomic E-state index is 0.0287. The molecule has 12 aromatic rings. The Hall–Kier alpha value is -13.0. The van der Waals surface area contributed by atoms with Crippen LogP contribution in [0.15, 0.2) is 256 Å². The van der Waals surface area contributed by atoms with Crippen molar-refractivity contribution >= 4 is 43.9 Å². The summed E-state index contributed by atoms with van der Waals surface area (Å²) in [6.07, 6.45) is 11.8. The molecule has 8 aromatic carbocycles. The Morgan fingerprint density at radius 1 is 0.413 bits per heavy atom. The Kier molecular flexibility index (Phi) is 29.4. The molecule has 0 fully saturated rings. The van der Waals surface area contributed by atoms with Gasteiger partial charge in [-0.1, -0.05) is 188 Å². The van der Waals surface area contributed by atoms with E-state index in [1.807, 2.05) is 182 Å². The maximum atomic E-state index is 14.4. The number of halogens is 7. The van der Waals surface area contributed by atoms with Crippen molar-refractivity contribution in [2.45, 2.75) is 158 Å². The van der Waals surface area contributed by atoms with Crippen molar-refractivity contribution in [3.05, 3.63) is 424 Å². The van der Waals surface area contributed by atoms with Gasteiger partial charge >= 0.3 is 28.9 Å². The lowest BCUT2D eigenvalue weighted by Crippen LogP contribution is -2.30. The number of aryl methyl sites for hydroxylation is 2. The van der Waals surface area contributed by atoms with Crippen LogP contribution in [-0.2, 0) is 41.9 Å². The van der Waals surface area contributed by atoms with Gasteiger partial charge in [0.25, 0.3) is 22.2 Å². The second-order valence-electron chi connectivity index (χ2n) is 31.7. The minimum Gasteiger partial charge on any atom is -0.494 e. The summed E-state index contributed by atoms with van der Waals surface area (Å²) >= 11 is 6.50. The van der Waals surface area contributed by atoms with Crippen LogP contribution in [0.1, 0.15) is 214 Å². The van der Waals surface area contributed by atoms with Crippen molar-refractivity contribution in [1.82, 2.24) is 44.6 Å². The van der Waals surface area contributed by atoms with Crippen LogP contribution in [0.4, 0.5) is 26.3 Å². The third-order valence-corrected chi connectivity index (χ3v) is 25.1. The zero-order valence-electron chi connectivity index (χ0n) is 69.6. The molecular formula is C98H94ClF6N9O11S. The van der Waals surface area contributed by atoms with Gasteiger partial charge in [-0.05, 0) is 208 Å². The molecule has 0 aliphatic heterocycles. The van der Waals surface area contributed by atoms with Gasteiger partial charge < -0.3 is 24.7 Å². The fourth-order valence-corrected chi connectivity index (χ4v) is 17.9. The van der Waals surface area contributed by atoms with Crippen LogP contribution in [0, 0.1) is 31.3 Å². The summed E-state index contributed by atoms with van der Waals surface area (Å²) in [5.41, 5.74) is 10.3. The number of hydrogen-bond donors (Lipinski definition) is 9. The zero-order chi connectivity index (χ0) is 89.5. The highest BCUT2D eigenvalue weighted by atomic mass is 35.5. The largest absolute Gasteiger partial charge is 0.494 e. The molecule has 4 aromatic heterocycles. The molecule has 9 N–H and O–H groups in total. The molecule has 16 rings (SSSR count). The second-order valence-corrected chi connectivity index (χ2v) is 34.0. The first-order valence-corrected chi connectivity index (χ1v) is 43.5. The van der Waals surface area contributed by atoms with E-state index in [-0.39, 0.29) is 69.3 Å². The topological polar surface area (TPSA) is 318 Å². The average Bonchev–Trinajstić information content (AvgIpc) is 0.777. The highest BCUT2D eigenvalue weighted by molar-refractivity contribution is 7.89. The molecule has 0 bridgehead atoms. The zero-order valence-corrected chi connectivity index (χ0v) is 71.2. The molecule has 4 atom stereocenters. The van der Waals surface area contributed by atoms with Gasteiger partial charge in [-0.25, -0.2) is 45.5 Å². The molecule has 0 radical (unpaired) electrons. The summed E-state index contributed by atoms with van der Waals surface area (Å²) in [7, 11) is -2.92. The molecule has 20 nitrogen and oxygen atoms in total. The summed E-state index contributed by atoms with van der Waals surface area (Å²) in [4.78, 5) is 118. The molecule has 0 amide bonds. The van der Waals surface area contributed by atoms with Crippen molar-refractivity contribution in [2.24, 2.45) is 0 Å². The average molecular weight is 1760 g/mol. The first-order valence-electron chi connectivity index (χ1n) is 41.6. The Morgan fingerprint density at radius 2 is 0.754 bits per heavy atom. The van der Waals surface area contributed by atoms with E-state index in [1.165, 1.54) is 18.6 Å². The van der Waals surface area contributed by atoms with Crippen LogP contribution >= 0.6 is 11.6 Å². The Bertz CT molecular complexity index is 6760. The van der Waals surface area contributed by atoms with Crippen LogP contribution < -0.4 is 54.5 Å². The molecule has 4 aliphatic carbocycles. The summed E-state index contributed by atoms with van der Waals surface area (Å²) < 4.78 is 116. The lowest BCUT2D eigenvalue weighted by Gasteiger charge is -2.25. The second kappa shape index (κ2) is 40.8. The number of allylic oxidation sites excluding steroid dienone is 8. The van der Waals surface area contributed by atoms with E-state index in [1.54, 1.807) is 24.3 Å². The van der Waals surface area contributed by atoms with Crippen molar-refractivity contribution in [2.75, 3.05) is 13.7 Å². The number of H-pyrrole nitrogens is 8. The van der Waals surface area contributed by atoms with Gasteiger partial charge in [-0.15, -0.1) is 0 Å². The Labute approximate surface area is 725 Å². The lowest BCUT2D eigenvalue weighted by molar-refractivity contribution is -0.137. The van der Waals surface area contributed by atoms with Crippen molar-refractivity contribution < 1.29 is 39.5 Å². The smallest absolute Gasteiger partial charge is 0.417 e. The number of aromatic nitrogens is 8. The molecule has 0 saturated heterocycles. The Balaban J connectivity index is 0.000000144. The molecular weight excluding hydrogens is 1660 g/mol. The number of benzene rings is 8. The normalized spacial score (nSPS) is 16.4. The van der Waals surface area contributed by atoms with Crippen LogP contribution in [0.5, 0.6) is 5.75 Å². The van der Waals surface area contributed by atoms with E-state index >= 15 is 0 Å². The monoisotopic (exact) mass is 1750 g/mol. The van der Waals surface area contributed by atoms with Crippen molar-refractivity contribution in [1.29, 1.82) is 0 Å². The van der Waals surface area contributed by atoms with Gasteiger partial charge in [0.1, 0.15) is 11.6 Å². The Morgan fingerprint density at radius 3 is 1.09 bits per heavy atom. The first kappa shape index (κ1) is 90.7. The van der Waals surface area contributed by atoms with E-state index in [0.717, 1.165) is 94.8 Å². The summed E-state index contributed by atoms with van der Waals surface area (Å²) in [6, 6.07) is 55.6. The van der Waals surface area contributed by atoms with Crippen molar-refractivity contribution in [3.8, 4) is 5.75 Å². The lowest BCUT2D eigenvalue weighted by atomic mass is 9.82. The van der Waals surface area contributed by atoms with Crippen LogP contribution in [0.3, 0.4) is 0 Å². The van der Waals surface area contributed by atoms with E-state index in [4.69, 9.17) is 16.3 Å². The number of hydrogen-bond acceptors (Lipinski definition) is 11. The van der Waals surface area contributed by atoms with Gasteiger partial charge in [0, 0.05) is 106 Å². The maximum absolute atomic E-state index is 14.4. The number of ether oxygens (including phenoxy) is 1. The fraction of sp³-hybridized carbons (Fsp3) is 0.265. The molecule has 28 heteroatoms. The predicted octanol–water partition coefficient (Wildman–Crippen LogP) is 18.0. The van der Waals surface area contributed by atoms with Gasteiger partial charge in [0.05, 0.1) is 22.1 Å². The number of nitrogens with one attached hydrogen (secondary N) is 9. The van der Waals surface area contributed by atoms with Crippen LogP contribution in [0.25, 0.3) is 22.3 Å². The summed E-state index contributed by atoms with van der Waals surface area (Å²) in [6.45, 7) is 5.94. The number of aromatic amines is 8. The van der Waals surface area contributed by atoms with Gasteiger partial charge in [-0.3, -0.25) is 39.1 Å². The molecule has 126 heavy (non-hydrogen) atoms. The molecule has 4 aliphatic rings. The SMILES string of the molecule is CCOc1ccc(C2=CCC(c3[nH]c(=O)[nH]c(=O)c3Cc3ccccc3)CC2)c(Cl)c1.CNS(=O)(=O)c1ccc(C2=CCC(c3[nH]c(=O)[nH]c(=O)c3Cc3ccccc3)CC2)c(C(F)(F)F)c1.Cc1ccc(C2=CCC(c3[nH]c(=O)[nH]c(=O)c3Cc3ccccc3)CC2)c(F)c1.Cc1ccc(C2=CCC(c3[nH]c(=O)[nH]c(=O)c3Cc3ccccc3)CC2)c(F)c1F. The third-order valence-electron chi connectivity index (χ3n) is 23.4. The van der Waals surface area contributed by atoms with Gasteiger partial charge in [-0.2, -0.15) is 13.2 Å². The van der Waals surface area contributed by atoms with Crippen LogP contribution in [-0.4, -0.2) is 61.9 Å². The molecule has 0 spiro atoms. The van der Waals surface area contributed by atoms with Crippen LogP contribution in [0.2, 0.25) is 5.02 Å². The third kappa shape index (κ3) is 22.4. The fourth-order valence-electron chi connectivity index (χ4n) is 16.9. The van der Waals surface area contributed by atoms with Crippen molar-refractivity contribution in [3.63, 3.8) is 0 Å². The summed E-state index contributed by atoms with van der Waals surface area (Å²) in [5, 5.41) is 0.671. The molecule has 4 unspecified atom stereocenters. The van der Waals surface area contributed by atoms with Gasteiger partial charge in [0.15, 0.2) is 11.6 Å². The van der Waals surface area contributed by atoms with E-state index in [0.29, 0.717) is 139 Å². The predicted molar refractivity (Wildman–Crippen MR) is 479 cm³/mol. The highest BCUT2D eigenvalue weighted by Gasteiger charge is 2.37. The highest BCUT2D eigenvalue weighted by Crippen LogP contribution is 2.45. The first-order chi connectivity index (χ1) is 60.5. The van der Waals surface area contributed by atoms with E-state index in [9.17, 15) is 73.1 Å². The molecule has 0 saturated carbocycles. The van der Waals surface area contributed by atoms with E-state index in [2.05, 4.69) is 45.9 Å². The number of rotatable bonds is 20. The van der Waals surface area contributed by atoms with E-state index < -0.39 is 66.6 Å². The standard InChI is InChI=1S/C25H25ClN2O3.C25H24F3N3O4S.C24H22F2N2O2.C24H23FN2O2/c1-2-31-19-12-13-20(22(26)15-19)17-8-10-18(11-9-17)23-21(24(29)28-25(30)27-23)14-16-6-4-3-5-7-16;1-29-36(34,35)18-11-12-19(21(14-18)25(26,27)28)16-7-9-17(10-8-16)22-20(23(32)31-24(33)30-22)13-15-5-3-2-4-6-15;1-14-7-12-18(21(26)20(14)25)16-8-10-17(11-9-16)22-19(23(29)28-24(30)27-22)13-15-5-3-2-4-6-15;1-15-7-12-19(21(25)13-15)17-8-10-18(11-9-17)22-20(23(28)27-24(29)26-22)14-16-5-3-2-4-6-16/h3-8,12-13,15,18H,2,9-11,14H2,1H3,(H2,27,28,29,30);2-7,11-12,14,17,29H,8-10,13H2,1H3,(H2,30,31,32,33);2-8,12,17H,9-11,13H2,1H3,(H2,27,28,29,30);2-8,12-13,18H,9-11,14H2,1H3,(H2,26,27,28,29). The summed E-state index contributed by atoms with van der Waals surface area (Å²) in [5.74, 6) is -1.31. The minimum atomic E-state index is -4.76. The maximum Gasteiger partial charge on any atom is 0.417 e. The number of sulfonamides is 1. The molecule has 652 valence electrons.